The van der Waals surface area contributed by atoms with E-state index in [0.717, 1.165) is 44.3 Å². The summed E-state index contributed by atoms with van der Waals surface area (Å²) in [6.45, 7) is 2.85. The Bertz CT molecular complexity index is 1210. The molecular weight excluding hydrogens is 476 g/mol. The second-order valence-electron chi connectivity index (χ2n) is 10.5. The van der Waals surface area contributed by atoms with Crippen molar-refractivity contribution in [3.63, 3.8) is 0 Å². The zero-order valence-corrected chi connectivity index (χ0v) is 21.9. The van der Waals surface area contributed by atoms with Crippen LogP contribution in [0, 0.1) is 5.92 Å². The van der Waals surface area contributed by atoms with Gasteiger partial charge >= 0.3 is 0 Å². The smallest absolute Gasteiger partial charge is 0.240 e. The van der Waals surface area contributed by atoms with Gasteiger partial charge in [-0.1, -0.05) is 25.8 Å². The highest BCUT2D eigenvalue weighted by molar-refractivity contribution is 7.89. The molecule has 2 aliphatic carbocycles. The quantitative estimate of drug-likeness (QED) is 0.597. The molecule has 194 valence electrons. The van der Waals surface area contributed by atoms with Crippen LogP contribution in [0.1, 0.15) is 64.7 Å². The van der Waals surface area contributed by atoms with E-state index in [2.05, 4.69) is 26.8 Å². The first kappa shape index (κ1) is 25.0. The Balaban J connectivity index is 1.37. The lowest BCUT2D eigenvalue weighted by Gasteiger charge is -2.30. The number of carbonyl (C=O) groups is 1. The number of amides is 1. The molecule has 1 aromatic heterocycles. The molecular formula is C26H36N6O3S. The summed E-state index contributed by atoms with van der Waals surface area (Å²) in [4.78, 5) is 26.0. The highest BCUT2D eigenvalue weighted by Crippen LogP contribution is 2.36. The molecule has 3 aliphatic rings. The van der Waals surface area contributed by atoms with Crippen molar-refractivity contribution in [3.05, 3.63) is 30.5 Å². The first-order valence-electron chi connectivity index (χ1n) is 13.1. The molecule has 9 nitrogen and oxygen atoms in total. The lowest BCUT2D eigenvalue weighted by Crippen LogP contribution is -2.37. The van der Waals surface area contributed by atoms with Gasteiger partial charge in [0, 0.05) is 37.8 Å². The first-order chi connectivity index (χ1) is 17.3. The SMILES string of the molecule is CC1CCC(NS(=O)(=O)c2cccc(Nc3ncc4c(n3)N(C3CCCC3)CCC(=O)N4C)c2)CC1. The molecule has 2 N–H and O–H groups in total. The summed E-state index contributed by atoms with van der Waals surface area (Å²) in [6.07, 6.45) is 10.5. The summed E-state index contributed by atoms with van der Waals surface area (Å²) in [5, 5.41) is 3.19. The molecule has 0 radical (unpaired) electrons. The van der Waals surface area contributed by atoms with Crippen LogP contribution in [-0.2, 0) is 14.8 Å². The maximum absolute atomic E-state index is 13.1. The third-order valence-corrected chi connectivity index (χ3v) is 9.35. The Morgan fingerprint density at radius 3 is 2.56 bits per heavy atom. The molecule has 0 spiro atoms. The van der Waals surface area contributed by atoms with Crippen molar-refractivity contribution < 1.29 is 13.2 Å². The number of nitrogens with one attached hydrogen (secondary N) is 2. The van der Waals surface area contributed by atoms with Crippen LogP contribution >= 0.6 is 0 Å². The van der Waals surface area contributed by atoms with Gasteiger partial charge in [0.15, 0.2) is 5.82 Å². The van der Waals surface area contributed by atoms with Crippen LogP contribution < -0.4 is 19.8 Å². The minimum atomic E-state index is -3.63. The van der Waals surface area contributed by atoms with Crippen LogP contribution in [0.4, 0.5) is 23.1 Å². The normalized spacial score (nSPS) is 23.4. The van der Waals surface area contributed by atoms with E-state index >= 15 is 0 Å². The first-order valence-corrected chi connectivity index (χ1v) is 14.6. The Hall–Kier alpha value is -2.72. The van der Waals surface area contributed by atoms with Crippen LogP contribution in [0.25, 0.3) is 0 Å². The molecule has 36 heavy (non-hydrogen) atoms. The molecule has 10 heteroatoms. The summed E-state index contributed by atoms with van der Waals surface area (Å²) >= 11 is 0. The van der Waals surface area contributed by atoms with E-state index in [1.54, 1.807) is 42.4 Å². The molecule has 5 rings (SSSR count). The molecule has 2 heterocycles. The van der Waals surface area contributed by atoms with Gasteiger partial charge in [-0.15, -0.1) is 0 Å². The van der Waals surface area contributed by atoms with Crippen molar-refractivity contribution in [2.45, 2.75) is 81.7 Å². The van der Waals surface area contributed by atoms with Crippen LogP contribution in [-0.4, -0.2) is 50.0 Å². The van der Waals surface area contributed by atoms with E-state index < -0.39 is 10.0 Å². The van der Waals surface area contributed by atoms with Crippen LogP contribution in [0.2, 0.25) is 0 Å². The van der Waals surface area contributed by atoms with E-state index in [4.69, 9.17) is 4.98 Å². The average Bonchev–Trinajstić information content (AvgIpc) is 3.36. The van der Waals surface area contributed by atoms with Crippen molar-refractivity contribution in [1.29, 1.82) is 0 Å². The molecule has 2 fully saturated rings. The van der Waals surface area contributed by atoms with Crippen molar-refractivity contribution in [2.24, 2.45) is 5.92 Å². The molecule has 0 unspecified atom stereocenters. The predicted octanol–water partition coefficient (Wildman–Crippen LogP) is 4.19. The van der Waals surface area contributed by atoms with Gasteiger partial charge in [-0.2, -0.15) is 4.98 Å². The van der Waals surface area contributed by atoms with Gasteiger partial charge in [-0.05, 0) is 62.6 Å². The summed E-state index contributed by atoms with van der Waals surface area (Å²) in [7, 11) is -1.86. The number of aromatic nitrogens is 2. The highest BCUT2D eigenvalue weighted by Gasteiger charge is 2.32. The Morgan fingerprint density at radius 1 is 1.06 bits per heavy atom. The van der Waals surface area contributed by atoms with Crippen LogP contribution in [0.3, 0.4) is 0 Å². The van der Waals surface area contributed by atoms with Crippen molar-refractivity contribution in [3.8, 4) is 0 Å². The van der Waals surface area contributed by atoms with Gasteiger partial charge in [-0.3, -0.25) is 4.79 Å². The molecule has 1 aromatic carbocycles. The third kappa shape index (κ3) is 5.34. The van der Waals surface area contributed by atoms with Crippen LogP contribution in [0.15, 0.2) is 35.4 Å². The van der Waals surface area contributed by atoms with Gasteiger partial charge in [0.2, 0.25) is 21.9 Å². The predicted molar refractivity (Wildman–Crippen MR) is 141 cm³/mol. The van der Waals surface area contributed by atoms with Gasteiger partial charge in [-0.25, -0.2) is 18.1 Å². The van der Waals surface area contributed by atoms with Crippen molar-refractivity contribution in [2.75, 3.05) is 28.7 Å². The maximum atomic E-state index is 13.1. The largest absolute Gasteiger partial charge is 0.351 e. The molecule has 1 aliphatic heterocycles. The summed E-state index contributed by atoms with van der Waals surface area (Å²) < 4.78 is 29.0. The number of hydrogen-bond acceptors (Lipinski definition) is 7. The number of fused-ring (bicyclic) bond motifs is 1. The topological polar surface area (TPSA) is 108 Å². The fourth-order valence-corrected chi connectivity index (χ4v) is 6.96. The maximum Gasteiger partial charge on any atom is 0.240 e. The number of carbonyl (C=O) groups excluding carboxylic acids is 1. The van der Waals surface area contributed by atoms with E-state index in [-0.39, 0.29) is 16.8 Å². The standard InChI is InChI=1S/C26H36N6O3S/c1-18-10-12-19(13-11-18)30-36(34,35)22-9-5-6-20(16-22)28-26-27-17-23-25(29-26)32(21-7-3-4-8-21)15-14-24(33)31(23)2/h5-6,9,16-19,21,30H,3-4,7-8,10-15H2,1-2H3,(H,27,28,29). The summed E-state index contributed by atoms with van der Waals surface area (Å²) in [5.74, 6) is 1.84. The fourth-order valence-electron chi connectivity index (χ4n) is 5.61. The van der Waals surface area contributed by atoms with Gasteiger partial charge in [0.1, 0.15) is 5.69 Å². The number of hydrogen-bond donors (Lipinski definition) is 2. The second kappa shape index (κ2) is 10.3. The highest BCUT2D eigenvalue weighted by atomic mass is 32.2. The molecule has 2 aromatic rings. The third-order valence-electron chi connectivity index (χ3n) is 7.83. The number of rotatable bonds is 6. The van der Waals surface area contributed by atoms with Gasteiger partial charge in [0.25, 0.3) is 0 Å². The Labute approximate surface area is 213 Å². The molecule has 0 bridgehead atoms. The van der Waals surface area contributed by atoms with E-state index in [0.29, 0.717) is 42.2 Å². The summed E-state index contributed by atoms with van der Waals surface area (Å²) in [6, 6.07) is 7.11. The van der Waals surface area contributed by atoms with Crippen LogP contribution in [0.5, 0.6) is 0 Å². The van der Waals surface area contributed by atoms with E-state index in [9.17, 15) is 13.2 Å². The zero-order chi connectivity index (χ0) is 25.3. The number of sulfonamides is 1. The molecule has 1 amide bonds. The van der Waals surface area contributed by atoms with E-state index in [1.165, 1.54) is 12.8 Å². The number of anilines is 4. The van der Waals surface area contributed by atoms with Gasteiger partial charge in [0.05, 0.1) is 11.1 Å². The zero-order valence-electron chi connectivity index (χ0n) is 21.1. The van der Waals surface area contributed by atoms with Crippen molar-refractivity contribution >= 4 is 39.1 Å². The molecule has 0 atom stereocenters. The molecule has 2 saturated carbocycles. The summed E-state index contributed by atoms with van der Waals surface area (Å²) in [5.41, 5.74) is 1.30. The van der Waals surface area contributed by atoms with E-state index in [1.807, 2.05) is 0 Å². The van der Waals surface area contributed by atoms with Crippen molar-refractivity contribution in [1.82, 2.24) is 14.7 Å². The fraction of sp³-hybridized carbons (Fsp3) is 0.577. The average molecular weight is 513 g/mol. The second-order valence-corrected chi connectivity index (χ2v) is 12.2. The minimum absolute atomic E-state index is 0.0167. The Morgan fingerprint density at radius 2 is 1.81 bits per heavy atom. The lowest BCUT2D eigenvalue weighted by atomic mass is 9.88. The monoisotopic (exact) mass is 512 g/mol. The minimum Gasteiger partial charge on any atom is -0.351 e. The number of benzene rings is 1. The lowest BCUT2D eigenvalue weighted by molar-refractivity contribution is -0.118. The number of nitrogens with zero attached hydrogens (tertiary/aromatic N) is 4. The Kier molecular flexibility index (Phi) is 7.16. The molecule has 0 saturated heterocycles. The van der Waals surface area contributed by atoms with Gasteiger partial charge < -0.3 is 15.1 Å².